The van der Waals surface area contributed by atoms with Gasteiger partial charge in [-0.1, -0.05) is 19.8 Å². The molecule has 1 aromatic rings. The number of hydrogen-bond donors (Lipinski definition) is 2. The van der Waals surface area contributed by atoms with E-state index in [1.54, 1.807) is 0 Å². The molecule has 0 spiro atoms. The number of H-pyrrole nitrogens is 1. The number of aryl methyl sites for hydroxylation is 1. The van der Waals surface area contributed by atoms with Crippen molar-refractivity contribution in [1.82, 2.24) is 20.1 Å². The number of likely N-dealkylation sites (tertiary alicyclic amines) is 1. The zero-order chi connectivity index (χ0) is 12.8. The third kappa shape index (κ3) is 3.45. The molecule has 18 heavy (non-hydrogen) atoms. The second kappa shape index (κ2) is 6.37. The van der Waals surface area contributed by atoms with E-state index in [-0.39, 0.29) is 0 Å². The molecule has 1 fully saturated rings. The van der Waals surface area contributed by atoms with Gasteiger partial charge in [0.15, 0.2) is 11.8 Å². The highest BCUT2D eigenvalue weighted by Crippen LogP contribution is 2.09. The molecule has 0 amide bonds. The molecule has 6 nitrogen and oxygen atoms in total. The third-order valence-electron chi connectivity index (χ3n) is 3.22. The van der Waals surface area contributed by atoms with E-state index in [1.165, 1.54) is 25.7 Å². The van der Waals surface area contributed by atoms with Crippen LogP contribution in [0.1, 0.15) is 44.3 Å². The summed E-state index contributed by atoms with van der Waals surface area (Å²) in [6.45, 7) is 4.55. The molecule has 2 rings (SSSR count). The number of hydrogen-bond acceptors (Lipinski definition) is 3. The summed E-state index contributed by atoms with van der Waals surface area (Å²) in [5, 5.41) is 6.97. The van der Waals surface area contributed by atoms with E-state index in [2.05, 4.69) is 25.1 Å². The number of guanidine groups is 1. The number of aromatic nitrogens is 3. The van der Waals surface area contributed by atoms with Gasteiger partial charge in [0.2, 0.25) is 0 Å². The molecular formula is C12H22N6. The smallest absolute Gasteiger partial charge is 0.191 e. The Labute approximate surface area is 108 Å². The quantitative estimate of drug-likeness (QED) is 0.620. The van der Waals surface area contributed by atoms with Crippen LogP contribution in [0, 0.1) is 0 Å². The predicted molar refractivity (Wildman–Crippen MR) is 71.1 cm³/mol. The zero-order valence-corrected chi connectivity index (χ0v) is 11.0. The third-order valence-corrected chi connectivity index (χ3v) is 3.22. The molecule has 0 radical (unpaired) electrons. The van der Waals surface area contributed by atoms with E-state index in [0.717, 1.165) is 31.2 Å². The van der Waals surface area contributed by atoms with Crippen LogP contribution >= 0.6 is 0 Å². The lowest BCUT2D eigenvalue weighted by molar-refractivity contribution is 0.428. The first kappa shape index (κ1) is 12.9. The molecule has 0 bridgehead atoms. The highest BCUT2D eigenvalue weighted by Gasteiger charge is 2.10. The largest absolute Gasteiger partial charge is 0.370 e. The molecule has 1 aromatic heterocycles. The van der Waals surface area contributed by atoms with Crippen molar-refractivity contribution in [2.45, 2.75) is 45.6 Å². The molecule has 1 saturated heterocycles. The number of aliphatic imine (C=N–C) groups is 1. The summed E-state index contributed by atoms with van der Waals surface area (Å²) in [5.74, 6) is 2.24. The van der Waals surface area contributed by atoms with Crippen molar-refractivity contribution < 1.29 is 0 Å². The van der Waals surface area contributed by atoms with Crippen LogP contribution in [0.25, 0.3) is 0 Å². The van der Waals surface area contributed by atoms with E-state index in [0.29, 0.717) is 12.5 Å². The van der Waals surface area contributed by atoms with Gasteiger partial charge in [-0.15, -0.1) is 0 Å². The number of nitrogens with one attached hydrogen (secondary N) is 1. The topological polar surface area (TPSA) is 83.2 Å². The molecule has 1 aliphatic rings. The first-order valence-electron chi connectivity index (χ1n) is 6.74. The van der Waals surface area contributed by atoms with Gasteiger partial charge in [0, 0.05) is 19.5 Å². The summed E-state index contributed by atoms with van der Waals surface area (Å²) < 4.78 is 0. The lowest BCUT2D eigenvalue weighted by Crippen LogP contribution is -2.38. The molecule has 0 saturated carbocycles. The minimum atomic E-state index is 0.481. The summed E-state index contributed by atoms with van der Waals surface area (Å²) in [5.41, 5.74) is 6.02. The number of nitrogens with two attached hydrogens (primary N) is 1. The van der Waals surface area contributed by atoms with Crippen molar-refractivity contribution in [2.75, 3.05) is 13.1 Å². The highest BCUT2D eigenvalue weighted by molar-refractivity contribution is 5.78. The van der Waals surface area contributed by atoms with Gasteiger partial charge in [0.05, 0.1) is 0 Å². The minimum Gasteiger partial charge on any atom is -0.370 e. The van der Waals surface area contributed by atoms with Crippen LogP contribution in [-0.4, -0.2) is 39.1 Å². The maximum atomic E-state index is 6.02. The van der Waals surface area contributed by atoms with Gasteiger partial charge in [-0.3, -0.25) is 5.10 Å². The van der Waals surface area contributed by atoms with E-state index in [1.807, 2.05) is 6.92 Å². The van der Waals surface area contributed by atoms with Crippen molar-refractivity contribution >= 4 is 5.96 Å². The molecule has 6 heteroatoms. The Morgan fingerprint density at radius 2 is 2.06 bits per heavy atom. The van der Waals surface area contributed by atoms with Crippen molar-refractivity contribution in [2.24, 2.45) is 10.7 Å². The summed E-state index contributed by atoms with van der Waals surface area (Å²) in [6, 6.07) is 0. The number of aromatic amines is 1. The van der Waals surface area contributed by atoms with Gasteiger partial charge < -0.3 is 10.6 Å². The standard InChI is InChI=1S/C12H22N6/c1-2-10-15-11(17-16-10)9-14-12(13)18-7-5-3-4-6-8-18/h2-9H2,1H3,(H2,13,14)(H,15,16,17). The SMILES string of the molecule is CCc1n[nH]c(CN=C(N)N2CCCCCC2)n1. The molecule has 0 aliphatic carbocycles. The fourth-order valence-electron chi connectivity index (χ4n) is 2.12. The normalized spacial score (nSPS) is 17.8. The Morgan fingerprint density at radius 3 is 2.67 bits per heavy atom. The molecular weight excluding hydrogens is 228 g/mol. The molecule has 2 heterocycles. The minimum absolute atomic E-state index is 0.481. The van der Waals surface area contributed by atoms with Gasteiger partial charge in [0.1, 0.15) is 12.4 Å². The van der Waals surface area contributed by atoms with E-state index in [4.69, 9.17) is 5.73 Å². The van der Waals surface area contributed by atoms with Crippen molar-refractivity contribution in [3.8, 4) is 0 Å². The van der Waals surface area contributed by atoms with Crippen molar-refractivity contribution in [3.05, 3.63) is 11.6 Å². The number of nitrogens with zero attached hydrogens (tertiary/aromatic N) is 4. The maximum Gasteiger partial charge on any atom is 0.191 e. The first-order chi connectivity index (χ1) is 8.79. The highest BCUT2D eigenvalue weighted by atomic mass is 15.3. The van der Waals surface area contributed by atoms with Crippen LogP contribution in [0.3, 0.4) is 0 Å². The second-order valence-electron chi connectivity index (χ2n) is 4.63. The Kier molecular flexibility index (Phi) is 4.55. The molecule has 3 N–H and O–H groups in total. The van der Waals surface area contributed by atoms with Gasteiger partial charge in [-0.2, -0.15) is 5.10 Å². The fraction of sp³-hybridized carbons (Fsp3) is 0.750. The molecule has 0 aromatic carbocycles. The summed E-state index contributed by atoms with van der Waals surface area (Å²) in [7, 11) is 0. The average molecular weight is 250 g/mol. The van der Waals surface area contributed by atoms with E-state index < -0.39 is 0 Å². The van der Waals surface area contributed by atoms with E-state index in [9.17, 15) is 0 Å². The summed E-state index contributed by atoms with van der Waals surface area (Å²) in [4.78, 5) is 10.9. The van der Waals surface area contributed by atoms with Crippen LogP contribution < -0.4 is 5.73 Å². The molecule has 1 aliphatic heterocycles. The average Bonchev–Trinajstić information content (AvgIpc) is 2.68. The van der Waals surface area contributed by atoms with Gasteiger partial charge in [0.25, 0.3) is 0 Å². The van der Waals surface area contributed by atoms with Crippen LogP contribution in [0.5, 0.6) is 0 Å². The number of rotatable bonds is 3. The lowest BCUT2D eigenvalue weighted by Gasteiger charge is -2.20. The van der Waals surface area contributed by atoms with Crippen LogP contribution in [0.2, 0.25) is 0 Å². The Morgan fingerprint density at radius 1 is 1.33 bits per heavy atom. The van der Waals surface area contributed by atoms with Crippen LogP contribution in [-0.2, 0) is 13.0 Å². The molecule has 100 valence electrons. The van der Waals surface area contributed by atoms with E-state index >= 15 is 0 Å². The van der Waals surface area contributed by atoms with Crippen molar-refractivity contribution in [3.63, 3.8) is 0 Å². The van der Waals surface area contributed by atoms with Crippen molar-refractivity contribution in [1.29, 1.82) is 0 Å². The molecule has 0 unspecified atom stereocenters. The van der Waals surface area contributed by atoms with Gasteiger partial charge in [-0.25, -0.2) is 9.98 Å². The second-order valence-corrected chi connectivity index (χ2v) is 4.63. The first-order valence-corrected chi connectivity index (χ1v) is 6.74. The monoisotopic (exact) mass is 250 g/mol. The lowest BCUT2D eigenvalue weighted by atomic mass is 10.2. The van der Waals surface area contributed by atoms with Crippen LogP contribution in [0.15, 0.2) is 4.99 Å². The Balaban J connectivity index is 1.90. The zero-order valence-electron chi connectivity index (χ0n) is 11.0. The summed E-state index contributed by atoms with van der Waals surface area (Å²) >= 11 is 0. The van der Waals surface area contributed by atoms with Crippen LogP contribution in [0.4, 0.5) is 0 Å². The Hall–Kier alpha value is -1.59. The van der Waals surface area contributed by atoms with Gasteiger partial charge >= 0.3 is 0 Å². The summed E-state index contributed by atoms with van der Waals surface area (Å²) in [6.07, 6.45) is 5.84. The predicted octanol–water partition coefficient (Wildman–Crippen LogP) is 1.06. The van der Waals surface area contributed by atoms with Gasteiger partial charge in [-0.05, 0) is 12.8 Å². The maximum absolute atomic E-state index is 6.02. The fourth-order valence-corrected chi connectivity index (χ4v) is 2.12. The molecule has 0 atom stereocenters. The Bertz CT molecular complexity index is 389.